The molecule has 1 aliphatic rings. The Hall–Kier alpha value is -1.32. The fourth-order valence-corrected chi connectivity index (χ4v) is 0.864. The van der Waals surface area contributed by atoms with E-state index in [1.165, 1.54) is 13.1 Å². The summed E-state index contributed by atoms with van der Waals surface area (Å²) in [5.41, 5.74) is 0.639. The maximum absolute atomic E-state index is 10.9. The average Bonchev–Trinajstić information content (AvgIpc) is 2.31. The first-order valence-electron chi connectivity index (χ1n) is 3.44. The molecule has 11 heavy (non-hydrogen) atoms. The Balaban J connectivity index is 2.52. The molecule has 0 unspecified atom stereocenters. The number of amides is 2. The molecule has 60 valence electrons. The Labute approximate surface area is 64.7 Å². The van der Waals surface area contributed by atoms with Crippen molar-refractivity contribution in [3.63, 3.8) is 0 Å². The highest BCUT2D eigenvalue weighted by atomic mass is 16.2. The number of rotatable bonds is 1. The molecule has 0 aromatic rings. The molecule has 2 amide bonds. The van der Waals surface area contributed by atoms with E-state index in [4.69, 9.17) is 0 Å². The first-order chi connectivity index (χ1) is 5.20. The summed E-state index contributed by atoms with van der Waals surface area (Å²) in [6, 6.07) is 0. The third-order valence-corrected chi connectivity index (χ3v) is 1.42. The van der Waals surface area contributed by atoms with Crippen molar-refractivity contribution in [3.8, 4) is 0 Å². The first kappa shape index (κ1) is 7.78. The lowest BCUT2D eigenvalue weighted by Crippen LogP contribution is -2.17. The molecule has 1 aliphatic heterocycles. The van der Waals surface area contributed by atoms with E-state index in [1.54, 1.807) is 0 Å². The zero-order chi connectivity index (χ0) is 8.27. The van der Waals surface area contributed by atoms with Crippen molar-refractivity contribution in [2.24, 2.45) is 0 Å². The van der Waals surface area contributed by atoms with Crippen LogP contribution in [0, 0.1) is 0 Å². The molecular formula is C7H10N2O2. The lowest BCUT2D eigenvalue weighted by molar-refractivity contribution is -0.118. The smallest absolute Gasteiger partial charge is 0.248 e. The molecular weight excluding hydrogens is 144 g/mol. The summed E-state index contributed by atoms with van der Waals surface area (Å²) < 4.78 is 0. The second-order valence-electron chi connectivity index (χ2n) is 2.38. The summed E-state index contributed by atoms with van der Waals surface area (Å²) in [5, 5.41) is 5.09. The molecule has 0 atom stereocenters. The van der Waals surface area contributed by atoms with Crippen LogP contribution >= 0.6 is 0 Å². The van der Waals surface area contributed by atoms with Crippen molar-refractivity contribution < 1.29 is 9.59 Å². The highest BCUT2D eigenvalue weighted by Crippen LogP contribution is 2.05. The monoisotopic (exact) mass is 154 g/mol. The Kier molecular flexibility index (Phi) is 2.25. The maximum atomic E-state index is 10.9. The molecule has 1 heterocycles. The van der Waals surface area contributed by atoms with Crippen molar-refractivity contribution in [1.82, 2.24) is 10.6 Å². The minimum atomic E-state index is -0.155. The van der Waals surface area contributed by atoms with Crippen LogP contribution in [0.5, 0.6) is 0 Å². The van der Waals surface area contributed by atoms with Crippen LogP contribution in [0.1, 0.15) is 13.3 Å². The van der Waals surface area contributed by atoms with Crippen molar-refractivity contribution >= 4 is 11.8 Å². The minimum Gasteiger partial charge on any atom is -0.352 e. The largest absolute Gasteiger partial charge is 0.352 e. The van der Waals surface area contributed by atoms with E-state index in [-0.39, 0.29) is 11.8 Å². The minimum absolute atomic E-state index is 0.0845. The van der Waals surface area contributed by atoms with Crippen LogP contribution in [0.4, 0.5) is 0 Å². The summed E-state index contributed by atoms with van der Waals surface area (Å²) in [4.78, 5) is 21.3. The first-order valence-corrected chi connectivity index (χ1v) is 3.44. The fourth-order valence-electron chi connectivity index (χ4n) is 0.864. The fraction of sp³-hybridized carbons (Fsp3) is 0.429. The van der Waals surface area contributed by atoms with E-state index >= 15 is 0 Å². The summed E-state index contributed by atoms with van der Waals surface area (Å²) >= 11 is 0. The molecule has 0 bridgehead atoms. The second kappa shape index (κ2) is 3.18. The molecule has 0 radical (unpaired) electrons. The number of carbonyl (C=O) groups is 2. The van der Waals surface area contributed by atoms with Gasteiger partial charge in [-0.2, -0.15) is 0 Å². The molecule has 1 fully saturated rings. The van der Waals surface area contributed by atoms with Crippen molar-refractivity contribution in [2.75, 3.05) is 6.54 Å². The molecule has 0 aromatic heterocycles. The summed E-state index contributed by atoms with van der Waals surface area (Å²) in [6.07, 6.45) is 2.16. The van der Waals surface area contributed by atoms with Crippen LogP contribution in [-0.2, 0) is 9.59 Å². The van der Waals surface area contributed by atoms with Gasteiger partial charge in [0.2, 0.25) is 11.8 Å². The number of carbonyl (C=O) groups excluding carboxylic acids is 2. The quantitative estimate of drug-likeness (QED) is 0.501. The maximum Gasteiger partial charge on any atom is 0.248 e. The van der Waals surface area contributed by atoms with Crippen LogP contribution in [0.25, 0.3) is 0 Å². The van der Waals surface area contributed by atoms with Crippen molar-refractivity contribution in [3.05, 3.63) is 11.8 Å². The highest BCUT2D eigenvalue weighted by Gasteiger charge is 2.15. The van der Waals surface area contributed by atoms with E-state index in [9.17, 15) is 9.59 Å². The number of hydrogen-bond acceptors (Lipinski definition) is 2. The van der Waals surface area contributed by atoms with Crippen LogP contribution < -0.4 is 10.6 Å². The van der Waals surface area contributed by atoms with Gasteiger partial charge in [0.1, 0.15) is 0 Å². The number of nitrogens with one attached hydrogen (secondary N) is 2. The van der Waals surface area contributed by atoms with Gasteiger partial charge >= 0.3 is 0 Å². The molecule has 4 nitrogen and oxygen atoms in total. The predicted molar refractivity (Wildman–Crippen MR) is 39.5 cm³/mol. The predicted octanol–water partition coefficient (Wildman–Crippen LogP) is -0.474. The Morgan fingerprint density at radius 3 is 2.91 bits per heavy atom. The second-order valence-corrected chi connectivity index (χ2v) is 2.38. The highest BCUT2D eigenvalue weighted by molar-refractivity contribution is 5.95. The van der Waals surface area contributed by atoms with E-state index in [2.05, 4.69) is 10.6 Å². The standard InChI is InChI=1S/C7H10N2O2/c1-5(10)9-4-6-2-3-8-7(6)11/h4H,2-3H2,1H3,(H,8,11)(H,9,10)/b6-4+. The van der Waals surface area contributed by atoms with Gasteiger partial charge in [-0.25, -0.2) is 0 Å². The van der Waals surface area contributed by atoms with Crippen molar-refractivity contribution in [1.29, 1.82) is 0 Å². The third kappa shape index (κ3) is 2.07. The summed E-state index contributed by atoms with van der Waals surface area (Å²) in [7, 11) is 0. The van der Waals surface area contributed by atoms with E-state index in [1.807, 2.05) is 0 Å². The Morgan fingerprint density at radius 2 is 2.45 bits per heavy atom. The van der Waals surface area contributed by atoms with Crippen LogP contribution in [0.2, 0.25) is 0 Å². The van der Waals surface area contributed by atoms with Crippen LogP contribution in [0.3, 0.4) is 0 Å². The molecule has 1 saturated heterocycles. The summed E-state index contributed by atoms with van der Waals surface area (Å²) in [5.74, 6) is -0.240. The lowest BCUT2D eigenvalue weighted by atomic mass is 10.2. The SMILES string of the molecule is CC(=O)N/C=C1\CCNC1=O. The average molecular weight is 154 g/mol. The topological polar surface area (TPSA) is 58.2 Å². The van der Waals surface area contributed by atoms with Crippen molar-refractivity contribution in [2.45, 2.75) is 13.3 Å². The molecule has 0 aliphatic carbocycles. The van der Waals surface area contributed by atoms with Gasteiger partial charge in [-0.05, 0) is 6.42 Å². The summed E-state index contributed by atoms with van der Waals surface area (Å²) in [6.45, 7) is 2.08. The zero-order valence-electron chi connectivity index (χ0n) is 6.31. The Morgan fingerprint density at radius 1 is 1.73 bits per heavy atom. The molecule has 0 aromatic carbocycles. The molecule has 0 spiro atoms. The lowest BCUT2D eigenvalue weighted by Gasteiger charge is -1.93. The molecule has 0 saturated carbocycles. The normalized spacial score (nSPS) is 20.1. The van der Waals surface area contributed by atoms with Gasteiger partial charge in [-0.15, -0.1) is 0 Å². The molecule has 2 N–H and O–H groups in total. The van der Waals surface area contributed by atoms with Gasteiger partial charge < -0.3 is 10.6 Å². The van der Waals surface area contributed by atoms with Gasteiger partial charge in [0, 0.05) is 25.2 Å². The Bertz CT molecular complexity index is 220. The van der Waals surface area contributed by atoms with Gasteiger partial charge in [-0.1, -0.05) is 0 Å². The molecule has 4 heteroatoms. The van der Waals surface area contributed by atoms with Crippen LogP contribution in [-0.4, -0.2) is 18.4 Å². The van der Waals surface area contributed by atoms with Gasteiger partial charge in [0.15, 0.2) is 0 Å². The van der Waals surface area contributed by atoms with Gasteiger partial charge in [0.25, 0.3) is 0 Å². The third-order valence-electron chi connectivity index (χ3n) is 1.42. The van der Waals surface area contributed by atoms with E-state index < -0.39 is 0 Å². The van der Waals surface area contributed by atoms with Crippen LogP contribution in [0.15, 0.2) is 11.8 Å². The van der Waals surface area contributed by atoms with Gasteiger partial charge in [0.05, 0.1) is 0 Å². The number of hydrogen-bond donors (Lipinski definition) is 2. The van der Waals surface area contributed by atoms with E-state index in [0.717, 1.165) is 0 Å². The zero-order valence-corrected chi connectivity index (χ0v) is 6.31. The van der Waals surface area contributed by atoms with Gasteiger partial charge in [-0.3, -0.25) is 9.59 Å². The van der Waals surface area contributed by atoms with E-state index in [0.29, 0.717) is 18.5 Å². The molecule has 1 rings (SSSR count).